The Kier molecular flexibility index (Phi) is 9.34. The first-order chi connectivity index (χ1) is 10.8. The number of aliphatic hydroxyl groups excluding tert-OH is 1. The van der Waals surface area contributed by atoms with E-state index in [1.165, 1.54) is 0 Å². The van der Waals surface area contributed by atoms with Crippen LogP contribution in [0.3, 0.4) is 0 Å². The largest absolute Gasteiger partial charge is 0.492 e. The average molecular weight is 418 g/mol. The molecule has 0 aliphatic heterocycles. The summed E-state index contributed by atoms with van der Waals surface area (Å²) in [6.45, 7) is 0.933. The van der Waals surface area contributed by atoms with Crippen LogP contribution in [0.1, 0.15) is 0 Å². The summed E-state index contributed by atoms with van der Waals surface area (Å²) in [7, 11) is 0. The van der Waals surface area contributed by atoms with Crippen LogP contribution in [-0.4, -0.2) is 44.3 Å². The van der Waals surface area contributed by atoms with Gasteiger partial charge < -0.3 is 20.5 Å². The number of carbonyl (C=O) groups excluding carboxylic acids is 1. The van der Waals surface area contributed by atoms with Crippen molar-refractivity contribution >= 4 is 69.0 Å². The summed E-state index contributed by atoms with van der Waals surface area (Å²) in [5.74, 6) is 0.259. The van der Waals surface area contributed by atoms with Gasteiger partial charge in [-0.05, 0) is 12.1 Å². The number of benzene rings is 1. The van der Waals surface area contributed by atoms with Crippen molar-refractivity contribution in [2.45, 2.75) is 10.0 Å². The van der Waals surface area contributed by atoms with Gasteiger partial charge in [-0.1, -0.05) is 77.0 Å². The Bertz CT molecular complexity index is 515. The molecule has 0 aliphatic rings. The zero-order valence-corrected chi connectivity index (χ0v) is 15.7. The van der Waals surface area contributed by atoms with Crippen molar-refractivity contribution in [2.24, 2.45) is 0 Å². The van der Waals surface area contributed by atoms with Gasteiger partial charge in [0.25, 0.3) is 0 Å². The molecule has 0 radical (unpaired) electrons. The Morgan fingerprint density at radius 1 is 1.35 bits per heavy atom. The first-order valence-corrected chi connectivity index (χ1v) is 8.94. The third-order valence-electron chi connectivity index (χ3n) is 2.33. The number of thiocarbonyl (C=S) groups is 1. The second kappa shape index (κ2) is 10.4. The zero-order chi connectivity index (χ0) is 17.3. The molecule has 3 N–H and O–H groups in total. The van der Waals surface area contributed by atoms with E-state index in [9.17, 15) is 9.90 Å². The van der Waals surface area contributed by atoms with E-state index >= 15 is 0 Å². The van der Waals surface area contributed by atoms with Crippen LogP contribution in [0.2, 0.25) is 0 Å². The Balaban J connectivity index is 2.13. The molecule has 0 aliphatic carbocycles. The number of halogens is 3. The second-order valence-electron chi connectivity index (χ2n) is 4.18. The number of para-hydroxylation sites is 1. The highest BCUT2D eigenvalue weighted by atomic mass is 35.6. The molecule has 0 saturated heterocycles. The number of rotatable bonds is 7. The van der Waals surface area contributed by atoms with Gasteiger partial charge in [-0.25, -0.2) is 0 Å². The van der Waals surface area contributed by atoms with E-state index in [2.05, 4.69) is 10.6 Å². The van der Waals surface area contributed by atoms with Crippen molar-refractivity contribution in [3.05, 3.63) is 30.3 Å². The van der Waals surface area contributed by atoms with Crippen LogP contribution in [-0.2, 0) is 4.79 Å². The number of ether oxygens (including phenoxy) is 1. The summed E-state index contributed by atoms with van der Waals surface area (Å²) in [6.07, 6.45) is -1.58. The Morgan fingerprint density at radius 3 is 2.61 bits per heavy atom. The van der Waals surface area contributed by atoms with Crippen LogP contribution in [0.5, 0.6) is 5.75 Å². The van der Waals surface area contributed by atoms with E-state index in [0.717, 1.165) is 17.5 Å². The normalized spacial score (nSPS) is 12.3. The maximum absolute atomic E-state index is 11.5. The average Bonchev–Trinajstić information content (AvgIpc) is 2.49. The van der Waals surface area contributed by atoms with E-state index in [0.29, 0.717) is 17.5 Å². The van der Waals surface area contributed by atoms with Crippen molar-refractivity contribution in [2.75, 3.05) is 18.9 Å². The third kappa shape index (κ3) is 9.44. The lowest BCUT2D eigenvalue weighted by Crippen LogP contribution is -2.44. The van der Waals surface area contributed by atoms with Gasteiger partial charge >= 0.3 is 0 Å². The number of alkyl halides is 3. The number of hydrogen-bond donors (Lipinski definition) is 3. The number of carbonyl (C=O) groups is 1. The quantitative estimate of drug-likeness (QED) is 0.274. The first kappa shape index (κ1) is 20.6. The maximum atomic E-state index is 11.5. The summed E-state index contributed by atoms with van der Waals surface area (Å²) in [5, 5.41) is 14.5. The minimum atomic E-state index is -1.98. The van der Waals surface area contributed by atoms with E-state index in [1.807, 2.05) is 30.3 Å². The van der Waals surface area contributed by atoms with Crippen molar-refractivity contribution < 1.29 is 14.6 Å². The van der Waals surface area contributed by atoms with Gasteiger partial charge in [-0.15, -0.1) is 0 Å². The van der Waals surface area contributed by atoms with Crippen molar-refractivity contribution in [3.8, 4) is 5.75 Å². The van der Waals surface area contributed by atoms with Gasteiger partial charge in [-0.3, -0.25) is 4.79 Å². The van der Waals surface area contributed by atoms with E-state index in [4.69, 9.17) is 51.8 Å². The van der Waals surface area contributed by atoms with Crippen molar-refractivity contribution in [1.29, 1.82) is 0 Å². The van der Waals surface area contributed by atoms with E-state index in [1.54, 1.807) is 0 Å². The molecule has 10 heteroatoms. The van der Waals surface area contributed by atoms with Crippen LogP contribution in [0.4, 0.5) is 0 Å². The maximum Gasteiger partial charge on any atom is 0.234 e. The monoisotopic (exact) mass is 416 g/mol. The second-order valence-corrected chi connectivity index (χ2v) is 8.20. The van der Waals surface area contributed by atoms with Gasteiger partial charge in [-0.2, -0.15) is 0 Å². The Labute approximate surface area is 159 Å². The summed E-state index contributed by atoms with van der Waals surface area (Å²) in [5.41, 5.74) is 0. The molecule has 0 aromatic heterocycles. The Morgan fingerprint density at radius 2 is 2.00 bits per heavy atom. The number of aliphatic hydroxyl groups is 1. The third-order valence-corrected chi connectivity index (χ3v) is 4.26. The molecule has 0 saturated carbocycles. The first-order valence-electron chi connectivity index (χ1n) is 6.41. The Hall–Kier alpha value is -0.440. The van der Waals surface area contributed by atoms with Crippen LogP contribution in [0, 0.1) is 0 Å². The molecule has 0 heterocycles. The van der Waals surface area contributed by atoms with Crippen LogP contribution in [0.25, 0.3) is 0 Å². The molecular weight excluding hydrogens is 403 g/mol. The fraction of sp³-hybridized carbons (Fsp3) is 0.385. The molecule has 1 amide bonds. The van der Waals surface area contributed by atoms with Gasteiger partial charge in [0.1, 0.15) is 16.7 Å². The highest BCUT2D eigenvalue weighted by molar-refractivity contribution is 8.23. The summed E-state index contributed by atoms with van der Waals surface area (Å²) < 4.78 is 3.94. The van der Waals surface area contributed by atoms with Crippen LogP contribution < -0.4 is 15.4 Å². The van der Waals surface area contributed by atoms with Crippen molar-refractivity contribution in [1.82, 2.24) is 10.6 Å². The summed E-state index contributed by atoms with van der Waals surface area (Å²) in [6, 6.07) is 9.38. The molecule has 128 valence electrons. The van der Waals surface area contributed by atoms with Crippen LogP contribution >= 0.6 is 58.8 Å². The molecular formula is C13H15Cl3N2O3S2. The van der Waals surface area contributed by atoms with E-state index < -0.39 is 15.9 Å². The fourth-order valence-corrected chi connectivity index (χ4v) is 2.29. The summed E-state index contributed by atoms with van der Waals surface area (Å²) in [4.78, 5) is 11.5. The van der Waals surface area contributed by atoms with Crippen molar-refractivity contribution in [3.63, 3.8) is 0 Å². The summed E-state index contributed by atoms with van der Waals surface area (Å²) >= 11 is 22.5. The predicted octanol–water partition coefficient (Wildman–Crippen LogP) is 2.48. The molecule has 1 aromatic rings. The lowest BCUT2D eigenvalue weighted by atomic mass is 10.3. The zero-order valence-electron chi connectivity index (χ0n) is 11.8. The SMILES string of the molecule is O=C(CSC(=S)NCCOc1ccccc1)NC(O)C(Cl)(Cl)Cl. The lowest BCUT2D eigenvalue weighted by Gasteiger charge is -2.19. The number of nitrogens with one attached hydrogen (secondary N) is 2. The number of thioether (sulfide) groups is 1. The number of amides is 1. The molecule has 1 atom stereocenters. The predicted molar refractivity (Wildman–Crippen MR) is 99.4 cm³/mol. The van der Waals surface area contributed by atoms with Gasteiger partial charge in [0.2, 0.25) is 9.70 Å². The standard InChI is InChI=1S/C13H15Cl3N2O3S2/c14-13(15,16)11(20)18-10(19)8-23-12(22)17-6-7-21-9-4-2-1-3-5-9/h1-5,11,20H,6-8H2,(H,17,22)(H,18,19). The van der Waals surface area contributed by atoms with Gasteiger partial charge in [0, 0.05) is 0 Å². The number of hydrogen-bond acceptors (Lipinski definition) is 5. The van der Waals surface area contributed by atoms with Crippen LogP contribution in [0.15, 0.2) is 30.3 Å². The molecule has 23 heavy (non-hydrogen) atoms. The molecule has 5 nitrogen and oxygen atoms in total. The highest BCUT2D eigenvalue weighted by Crippen LogP contribution is 2.28. The molecule has 0 fully saturated rings. The minimum Gasteiger partial charge on any atom is -0.492 e. The van der Waals surface area contributed by atoms with E-state index in [-0.39, 0.29) is 5.75 Å². The lowest BCUT2D eigenvalue weighted by molar-refractivity contribution is -0.121. The molecule has 0 spiro atoms. The topological polar surface area (TPSA) is 70.6 Å². The molecule has 1 rings (SSSR count). The fourth-order valence-electron chi connectivity index (χ4n) is 1.30. The van der Waals surface area contributed by atoms with Gasteiger partial charge in [0.05, 0.1) is 12.3 Å². The highest BCUT2D eigenvalue weighted by Gasteiger charge is 2.31. The molecule has 1 aromatic carbocycles. The van der Waals surface area contributed by atoms with Gasteiger partial charge in [0.15, 0.2) is 6.23 Å². The minimum absolute atomic E-state index is 0.0107. The molecule has 0 bridgehead atoms. The smallest absolute Gasteiger partial charge is 0.234 e. The molecule has 1 unspecified atom stereocenters.